The Kier molecular flexibility index (Phi) is 3.32. The molecular weight excluding hydrogens is 256 g/mol. The van der Waals surface area contributed by atoms with Crippen LogP contribution in [-0.2, 0) is 4.79 Å². The van der Waals surface area contributed by atoms with E-state index in [-0.39, 0.29) is 5.91 Å². The zero-order valence-corrected chi connectivity index (χ0v) is 10.5. The summed E-state index contributed by atoms with van der Waals surface area (Å²) < 4.78 is 0. The van der Waals surface area contributed by atoms with Gasteiger partial charge in [-0.15, -0.1) is 0 Å². The van der Waals surface area contributed by atoms with Crippen LogP contribution in [0.15, 0.2) is 0 Å². The van der Waals surface area contributed by atoms with Gasteiger partial charge in [0.25, 0.3) is 5.91 Å². The first-order chi connectivity index (χ1) is 7.22. The Hall–Kier alpha value is -0.530. The van der Waals surface area contributed by atoms with E-state index in [1.54, 1.807) is 0 Å². The molecule has 1 atom stereocenters. The highest BCUT2D eigenvalue weighted by Crippen LogP contribution is 2.30. The Morgan fingerprint density at radius 3 is 2.60 bits per heavy atom. The summed E-state index contributed by atoms with van der Waals surface area (Å²) in [6.45, 7) is 3.43. The number of piperidine rings is 3. The molecule has 0 radical (unpaired) electrons. The van der Waals surface area contributed by atoms with Crippen LogP contribution in [0.25, 0.3) is 0 Å². The highest BCUT2D eigenvalue weighted by molar-refractivity contribution is 9.12. The van der Waals surface area contributed by atoms with Crippen molar-refractivity contribution < 1.29 is 4.79 Å². The number of carbonyl (C=O) groups excluding carboxylic acids is 1. The van der Waals surface area contributed by atoms with Crippen LogP contribution in [0.1, 0.15) is 12.8 Å². The van der Waals surface area contributed by atoms with Crippen molar-refractivity contribution in [3.8, 4) is 10.8 Å². The first kappa shape index (κ1) is 11.0. The molecule has 82 valence electrons. The van der Waals surface area contributed by atoms with Gasteiger partial charge in [0.2, 0.25) is 0 Å². The zero-order valence-electron chi connectivity index (χ0n) is 8.87. The lowest BCUT2D eigenvalue weighted by atomic mass is 9.83. The SMILES string of the molecule is CN(C(=O)C#CBr)C1CN2CCC1CC2. The van der Waals surface area contributed by atoms with Gasteiger partial charge >= 0.3 is 0 Å². The predicted octanol–water partition coefficient (Wildman–Crippen LogP) is 0.895. The average molecular weight is 271 g/mol. The van der Waals surface area contributed by atoms with Crippen LogP contribution in [-0.4, -0.2) is 48.4 Å². The van der Waals surface area contributed by atoms with Crippen LogP contribution in [0, 0.1) is 16.7 Å². The van der Waals surface area contributed by atoms with E-state index in [1.165, 1.54) is 25.9 Å². The third kappa shape index (κ3) is 2.19. The zero-order chi connectivity index (χ0) is 10.8. The Morgan fingerprint density at radius 1 is 1.47 bits per heavy atom. The molecule has 0 saturated carbocycles. The predicted molar refractivity (Wildman–Crippen MR) is 62.4 cm³/mol. The summed E-state index contributed by atoms with van der Waals surface area (Å²) in [4.78, 5) is 18.4. The fourth-order valence-corrected chi connectivity index (χ4v) is 2.82. The van der Waals surface area contributed by atoms with Crippen molar-refractivity contribution in [2.24, 2.45) is 5.92 Å². The van der Waals surface area contributed by atoms with Crippen LogP contribution >= 0.6 is 15.9 Å². The van der Waals surface area contributed by atoms with Gasteiger partial charge < -0.3 is 9.80 Å². The van der Waals surface area contributed by atoms with Gasteiger partial charge in [0.05, 0.1) is 0 Å². The normalized spacial score (nSPS) is 33.1. The first-order valence-electron chi connectivity index (χ1n) is 5.33. The number of hydrogen-bond donors (Lipinski definition) is 0. The van der Waals surface area contributed by atoms with Crippen LogP contribution in [0.2, 0.25) is 0 Å². The van der Waals surface area contributed by atoms with Gasteiger partial charge in [0.1, 0.15) is 0 Å². The number of rotatable bonds is 1. The standard InChI is InChI=1S/C11H15BrN2O/c1-13(11(15)2-5-12)10-8-14-6-3-9(10)4-7-14/h9-10H,3-4,6-8H2,1H3. The molecule has 3 aliphatic rings. The summed E-state index contributed by atoms with van der Waals surface area (Å²) in [5.74, 6) is 3.14. The van der Waals surface area contributed by atoms with Gasteiger partial charge in [-0.05, 0) is 36.7 Å². The second kappa shape index (κ2) is 4.54. The quantitative estimate of drug-likeness (QED) is 0.661. The lowest BCUT2D eigenvalue weighted by molar-refractivity contribution is -0.129. The van der Waals surface area contributed by atoms with E-state index in [9.17, 15) is 4.79 Å². The Labute approximate surface area is 98.9 Å². The molecule has 0 aliphatic carbocycles. The molecule has 15 heavy (non-hydrogen) atoms. The van der Waals surface area contributed by atoms with Gasteiger partial charge in [0.15, 0.2) is 0 Å². The maximum Gasteiger partial charge on any atom is 0.299 e. The van der Waals surface area contributed by atoms with Gasteiger partial charge in [-0.1, -0.05) is 0 Å². The second-order valence-corrected chi connectivity index (χ2v) is 4.74. The van der Waals surface area contributed by atoms with Crippen LogP contribution in [0.5, 0.6) is 0 Å². The first-order valence-corrected chi connectivity index (χ1v) is 6.12. The molecule has 1 amide bonds. The third-order valence-electron chi connectivity index (χ3n) is 3.59. The molecule has 3 aliphatic heterocycles. The molecule has 3 heterocycles. The molecule has 4 heteroatoms. The molecule has 3 fully saturated rings. The van der Waals surface area contributed by atoms with Gasteiger partial charge in [-0.2, -0.15) is 0 Å². The third-order valence-corrected chi connectivity index (χ3v) is 3.79. The van der Waals surface area contributed by atoms with E-state index >= 15 is 0 Å². The Balaban J connectivity index is 2.03. The fourth-order valence-electron chi connectivity index (χ4n) is 2.65. The minimum Gasteiger partial charge on any atom is -0.330 e. The Morgan fingerprint density at radius 2 is 2.13 bits per heavy atom. The van der Waals surface area contributed by atoms with Crippen LogP contribution in [0.4, 0.5) is 0 Å². The Bertz CT molecular complexity index is 312. The van der Waals surface area contributed by atoms with Crippen molar-refractivity contribution in [2.45, 2.75) is 18.9 Å². The fraction of sp³-hybridized carbons (Fsp3) is 0.727. The molecule has 0 aromatic rings. The molecule has 3 rings (SSSR count). The van der Waals surface area contributed by atoms with Crippen LogP contribution < -0.4 is 0 Å². The number of nitrogens with zero attached hydrogens (tertiary/aromatic N) is 2. The number of fused-ring (bicyclic) bond motifs is 3. The lowest BCUT2D eigenvalue weighted by Gasteiger charge is -2.47. The second-order valence-electron chi connectivity index (χ2n) is 4.34. The largest absolute Gasteiger partial charge is 0.330 e. The summed E-state index contributed by atoms with van der Waals surface area (Å²) in [5.41, 5.74) is 0. The molecule has 2 bridgehead atoms. The maximum atomic E-state index is 11.6. The van der Waals surface area contributed by atoms with E-state index < -0.39 is 0 Å². The monoisotopic (exact) mass is 270 g/mol. The van der Waals surface area contributed by atoms with E-state index in [0.717, 1.165) is 6.54 Å². The topological polar surface area (TPSA) is 23.6 Å². The summed E-state index contributed by atoms with van der Waals surface area (Å²) in [6.07, 6.45) is 2.45. The molecule has 0 N–H and O–H groups in total. The minimum absolute atomic E-state index is 0.0781. The van der Waals surface area contributed by atoms with Gasteiger partial charge in [0, 0.05) is 41.5 Å². The smallest absolute Gasteiger partial charge is 0.299 e. The van der Waals surface area contributed by atoms with E-state index in [1.807, 2.05) is 11.9 Å². The van der Waals surface area contributed by atoms with Gasteiger partial charge in [-0.25, -0.2) is 0 Å². The number of carbonyl (C=O) groups is 1. The molecule has 1 unspecified atom stereocenters. The molecule has 0 spiro atoms. The number of amides is 1. The summed E-state index contributed by atoms with van der Waals surface area (Å²) in [5, 5.41) is 0. The number of likely N-dealkylation sites (N-methyl/N-ethyl adjacent to an activating group) is 1. The van der Waals surface area contributed by atoms with E-state index in [0.29, 0.717) is 12.0 Å². The van der Waals surface area contributed by atoms with Gasteiger partial charge in [-0.3, -0.25) is 4.79 Å². The highest BCUT2D eigenvalue weighted by atomic mass is 79.9. The van der Waals surface area contributed by atoms with Crippen molar-refractivity contribution in [3.05, 3.63) is 0 Å². The van der Waals surface area contributed by atoms with Crippen molar-refractivity contribution in [1.82, 2.24) is 9.80 Å². The van der Waals surface area contributed by atoms with E-state index in [4.69, 9.17) is 0 Å². The molecule has 3 saturated heterocycles. The minimum atomic E-state index is -0.0781. The highest BCUT2D eigenvalue weighted by Gasteiger charge is 2.37. The molecule has 0 aromatic heterocycles. The maximum absolute atomic E-state index is 11.6. The number of halogens is 1. The van der Waals surface area contributed by atoms with Crippen molar-refractivity contribution in [2.75, 3.05) is 26.7 Å². The van der Waals surface area contributed by atoms with Crippen molar-refractivity contribution in [1.29, 1.82) is 0 Å². The lowest BCUT2D eigenvalue weighted by Crippen LogP contribution is -2.57. The van der Waals surface area contributed by atoms with Crippen molar-refractivity contribution >= 4 is 21.8 Å². The molecule has 0 aromatic carbocycles. The number of hydrogen-bond acceptors (Lipinski definition) is 2. The van der Waals surface area contributed by atoms with Crippen molar-refractivity contribution in [3.63, 3.8) is 0 Å². The summed E-state index contributed by atoms with van der Waals surface area (Å²) in [7, 11) is 1.87. The molecule has 3 nitrogen and oxygen atoms in total. The summed E-state index contributed by atoms with van der Waals surface area (Å²) >= 11 is 2.96. The molecular formula is C11H15BrN2O. The average Bonchev–Trinajstić information content (AvgIpc) is 2.30. The van der Waals surface area contributed by atoms with Crippen LogP contribution in [0.3, 0.4) is 0 Å². The van der Waals surface area contributed by atoms with E-state index in [2.05, 4.69) is 31.6 Å². The summed E-state index contributed by atoms with van der Waals surface area (Å²) in [6, 6.07) is 0.369.